The number of piperazine rings is 1. The Balaban J connectivity index is 1.57. The first-order valence-electron chi connectivity index (χ1n) is 7.73. The minimum Gasteiger partial charge on any atom is -0.382 e. The van der Waals surface area contributed by atoms with Crippen LogP contribution in [0.25, 0.3) is 0 Å². The molecule has 1 fully saturated rings. The molecule has 0 atom stereocenters. The van der Waals surface area contributed by atoms with E-state index in [2.05, 4.69) is 56.7 Å². The maximum atomic E-state index is 5.58. The lowest BCUT2D eigenvalue weighted by Crippen LogP contribution is -2.46. The topological polar surface area (TPSA) is 57.4 Å². The van der Waals surface area contributed by atoms with Crippen molar-refractivity contribution in [1.82, 2.24) is 9.88 Å². The average molecular weight is 316 g/mol. The van der Waals surface area contributed by atoms with Crippen LogP contribution in [-0.4, -0.2) is 42.6 Å². The third kappa shape index (κ3) is 3.69. The molecule has 6 heteroatoms. The highest BCUT2D eigenvalue weighted by Gasteiger charge is 2.16. The van der Waals surface area contributed by atoms with Gasteiger partial charge in [-0.25, -0.2) is 4.98 Å². The van der Waals surface area contributed by atoms with Gasteiger partial charge in [0.1, 0.15) is 5.82 Å². The summed E-state index contributed by atoms with van der Waals surface area (Å²) in [6.07, 6.45) is 1.24. The number of hydrogen-bond donors (Lipinski definition) is 2. The Bertz CT molecular complexity index is 587. The van der Waals surface area contributed by atoms with Gasteiger partial charge in [-0.1, -0.05) is 18.3 Å². The number of aromatic nitrogens is 1. The molecule has 1 aromatic heterocycles. The summed E-state index contributed by atoms with van der Waals surface area (Å²) in [5.41, 5.74) is 7.89. The van der Waals surface area contributed by atoms with Crippen LogP contribution in [0.2, 0.25) is 0 Å². The minimum atomic E-state index is 0.439. The molecular weight excluding hydrogens is 294 g/mol. The van der Waals surface area contributed by atoms with Gasteiger partial charge in [0.05, 0.1) is 5.38 Å². The van der Waals surface area contributed by atoms with Crippen molar-refractivity contribution < 1.29 is 0 Å². The number of nitrogen functional groups attached to an aromatic ring is 1. The third-order valence-corrected chi connectivity index (χ3v) is 4.57. The van der Waals surface area contributed by atoms with E-state index in [4.69, 9.17) is 5.73 Å². The van der Waals surface area contributed by atoms with Gasteiger partial charge in [-0.05, 0) is 37.2 Å². The fourth-order valence-corrected chi connectivity index (χ4v) is 3.29. The molecule has 0 spiro atoms. The van der Waals surface area contributed by atoms with Crippen molar-refractivity contribution in [1.29, 1.82) is 0 Å². The first-order chi connectivity index (χ1) is 10.7. The summed E-state index contributed by atoms with van der Waals surface area (Å²) in [7, 11) is 0. The number of nitrogens with two attached hydrogens (primary N) is 1. The molecule has 117 valence electrons. The lowest BCUT2D eigenvalue weighted by atomic mass is 10.2. The van der Waals surface area contributed by atoms with Crippen molar-refractivity contribution in [3.63, 3.8) is 0 Å². The average Bonchev–Trinajstić information content (AvgIpc) is 2.94. The fourth-order valence-electron chi connectivity index (χ4n) is 2.73. The third-order valence-electron chi connectivity index (χ3n) is 3.87. The highest BCUT2D eigenvalue weighted by Crippen LogP contribution is 2.24. The number of benzene rings is 1. The zero-order valence-corrected chi connectivity index (χ0v) is 13.7. The van der Waals surface area contributed by atoms with E-state index in [1.54, 1.807) is 0 Å². The second-order valence-electron chi connectivity index (χ2n) is 5.51. The molecule has 1 aliphatic heterocycles. The molecule has 22 heavy (non-hydrogen) atoms. The molecule has 3 N–H and O–H groups in total. The normalized spacial score (nSPS) is 16.0. The molecule has 5 nitrogen and oxygen atoms in total. The summed E-state index contributed by atoms with van der Waals surface area (Å²) < 4.78 is 0. The monoisotopic (exact) mass is 316 g/mol. The Morgan fingerprint density at radius 1 is 1.23 bits per heavy atom. The molecule has 0 bridgehead atoms. The van der Waals surface area contributed by atoms with Crippen LogP contribution in [0.4, 0.5) is 22.3 Å². The molecule has 0 aliphatic carbocycles. The smallest absolute Gasteiger partial charge is 0.189 e. The van der Waals surface area contributed by atoms with Gasteiger partial charge in [-0.15, -0.1) is 0 Å². The minimum absolute atomic E-state index is 0.439. The van der Waals surface area contributed by atoms with Gasteiger partial charge in [0.15, 0.2) is 5.13 Å². The van der Waals surface area contributed by atoms with Crippen molar-refractivity contribution in [3.8, 4) is 0 Å². The van der Waals surface area contributed by atoms with E-state index in [1.807, 2.05) is 0 Å². The molecule has 1 radical (unpaired) electrons. The van der Waals surface area contributed by atoms with Crippen LogP contribution in [0.5, 0.6) is 0 Å². The van der Waals surface area contributed by atoms with E-state index in [-0.39, 0.29) is 0 Å². The SMILES string of the molecule is CCCN1CCN(c2ccc(Nc3nc(N)[c]s3)cc2)CC1. The van der Waals surface area contributed by atoms with Gasteiger partial charge in [-0.3, -0.25) is 4.90 Å². The molecule has 1 saturated heterocycles. The summed E-state index contributed by atoms with van der Waals surface area (Å²) >= 11 is 1.39. The number of anilines is 4. The van der Waals surface area contributed by atoms with Crippen LogP contribution in [0, 0.1) is 5.38 Å². The van der Waals surface area contributed by atoms with Crippen LogP contribution < -0.4 is 16.0 Å². The van der Waals surface area contributed by atoms with E-state index in [0.29, 0.717) is 5.82 Å². The molecule has 0 unspecified atom stereocenters. The number of rotatable bonds is 5. The van der Waals surface area contributed by atoms with Crippen LogP contribution in [0.1, 0.15) is 13.3 Å². The second-order valence-corrected chi connectivity index (χ2v) is 6.30. The van der Waals surface area contributed by atoms with Crippen LogP contribution >= 0.6 is 11.3 Å². The molecule has 1 aromatic carbocycles. The number of thiazole rings is 1. The van der Waals surface area contributed by atoms with Crippen LogP contribution in [0.15, 0.2) is 24.3 Å². The second kappa shape index (κ2) is 6.98. The van der Waals surface area contributed by atoms with Crippen LogP contribution in [0.3, 0.4) is 0 Å². The van der Waals surface area contributed by atoms with Gasteiger partial charge in [0.2, 0.25) is 0 Å². The Labute approximate surface area is 135 Å². The standard InChI is InChI=1S/C16H22N5S/c1-2-7-20-8-10-21(11-9-20)14-5-3-13(4-6-14)18-16-19-15(17)12-22-16/h3-6H,2,7-11,17H2,1H3,(H,18,19). The predicted molar refractivity (Wildman–Crippen MR) is 94.0 cm³/mol. The number of nitrogens with one attached hydrogen (secondary N) is 1. The maximum absolute atomic E-state index is 5.58. The first-order valence-corrected chi connectivity index (χ1v) is 8.54. The Morgan fingerprint density at radius 2 is 1.95 bits per heavy atom. The zero-order chi connectivity index (χ0) is 15.4. The molecule has 3 rings (SSSR count). The van der Waals surface area contributed by atoms with Crippen molar-refractivity contribution in [2.75, 3.05) is 48.7 Å². The molecular formula is C16H22N5S. The summed E-state index contributed by atoms with van der Waals surface area (Å²) in [5.74, 6) is 0.439. The quantitative estimate of drug-likeness (QED) is 0.888. The van der Waals surface area contributed by atoms with E-state index in [0.717, 1.165) is 37.0 Å². The molecule has 0 saturated carbocycles. The largest absolute Gasteiger partial charge is 0.382 e. The van der Waals surface area contributed by atoms with E-state index >= 15 is 0 Å². The van der Waals surface area contributed by atoms with Crippen LogP contribution in [-0.2, 0) is 0 Å². The first kappa shape index (κ1) is 15.1. The lowest BCUT2D eigenvalue weighted by molar-refractivity contribution is 0.258. The maximum Gasteiger partial charge on any atom is 0.189 e. The summed E-state index contributed by atoms with van der Waals surface area (Å²) in [5, 5.41) is 6.92. The van der Waals surface area contributed by atoms with Crippen molar-refractivity contribution in [2.45, 2.75) is 13.3 Å². The Kier molecular flexibility index (Phi) is 4.80. The van der Waals surface area contributed by atoms with E-state index in [9.17, 15) is 0 Å². The zero-order valence-electron chi connectivity index (χ0n) is 12.9. The molecule has 0 amide bonds. The lowest BCUT2D eigenvalue weighted by Gasteiger charge is -2.36. The highest BCUT2D eigenvalue weighted by molar-refractivity contribution is 7.13. The molecule has 2 heterocycles. The molecule has 2 aromatic rings. The van der Waals surface area contributed by atoms with Gasteiger partial charge in [0.25, 0.3) is 0 Å². The summed E-state index contributed by atoms with van der Waals surface area (Å²) in [6, 6.07) is 8.51. The summed E-state index contributed by atoms with van der Waals surface area (Å²) in [6.45, 7) is 7.97. The van der Waals surface area contributed by atoms with Gasteiger partial charge < -0.3 is 16.0 Å². The van der Waals surface area contributed by atoms with Crippen molar-refractivity contribution in [3.05, 3.63) is 29.6 Å². The van der Waals surface area contributed by atoms with Gasteiger partial charge in [-0.2, -0.15) is 0 Å². The Morgan fingerprint density at radius 3 is 2.55 bits per heavy atom. The number of nitrogens with zero attached hydrogens (tertiary/aromatic N) is 3. The van der Waals surface area contributed by atoms with Gasteiger partial charge in [0, 0.05) is 37.6 Å². The highest BCUT2D eigenvalue weighted by atomic mass is 32.1. The predicted octanol–water partition coefficient (Wildman–Crippen LogP) is 2.80. The summed E-state index contributed by atoms with van der Waals surface area (Å²) in [4.78, 5) is 9.14. The van der Waals surface area contributed by atoms with E-state index < -0.39 is 0 Å². The van der Waals surface area contributed by atoms with E-state index in [1.165, 1.54) is 30.0 Å². The van der Waals surface area contributed by atoms with Crippen molar-refractivity contribution in [2.24, 2.45) is 0 Å². The molecule has 1 aliphatic rings. The fraction of sp³-hybridized carbons (Fsp3) is 0.438. The number of hydrogen-bond acceptors (Lipinski definition) is 6. The van der Waals surface area contributed by atoms with Gasteiger partial charge >= 0.3 is 0 Å². The Hall–Kier alpha value is -1.79. The van der Waals surface area contributed by atoms with Crippen molar-refractivity contribution >= 4 is 33.7 Å².